The molecule has 0 saturated carbocycles. The number of fused-ring (bicyclic) bond motifs is 5. The van der Waals surface area contributed by atoms with Crippen molar-refractivity contribution in [3.05, 3.63) is 58.1 Å². The quantitative estimate of drug-likeness (QED) is 0.578. The van der Waals surface area contributed by atoms with E-state index < -0.39 is 5.41 Å². The van der Waals surface area contributed by atoms with Crippen molar-refractivity contribution >= 4 is 23.1 Å². The van der Waals surface area contributed by atoms with Crippen LogP contribution in [0.5, 0.6) is 0 Å². The molecule has 30 heavy (non-hydrogen) atoms. The smallest absolute Gasteiger partial charge is 0.187 e. The van der Waals surface area contributed by atoms with E-state index in [0.29, 0.717) is 5.57 Å². The molecule has 0 radical (unpaired) electrons. The SMILES string of the molecule is CSc1nccc(C2CC3O[C@H]2[C@H]2C(O)=C(c4c(C)cc(C)cc4C)C(=O)[C@@]32C)n1. The van der Waals surface area contributed by atoms with Gasteiger partial charge in [-0.15, -0.1) is 0 Å². The van der Waals surface area contributed by atoms with Crippen molar-refractivity contribution in [1.29, 1.82) is 0 Å². The zero-order valence-corrected chi connectivity index (χ0v) is 18.7. The summed E-state index contributed by atoms with van der Waals surface area (Å²) >= 11 is 1.51. The number of aryl methyl sites for hydroxylation is 3. The van der Waals surface area contributed by atoms with Crippen LogP contribution in [0.25, 0.3) is 5.57 Å². The molecule has 2 bridgehead atoms. The molecule has 6 heteroatoms. The van der Waals surface area contributed by atoms with Crippen LogP contribution >= 0.6 is 11.8 Å². The molecule has 5 atom stereocenters. The average Bonchev–Trinajstić information content (AvgIpc) is 3.32. The summed E-state index contributed by atoms with van der Waals surface area (Å²) in [5, 5.41) is 12.1. The summed E-state index contributed by atoms with van der Waals surface area (Å²) in [7, 11) is 0. The Kier molecular flexibility index (Phi) is 4.39. The van der Waals surface area contributed by atoms with Gasteiger partial charge in [0.1, 0.15) is 5.76 Å². The maximum Gasteiger partial charge on any atom is 0.187 e. The molecule has 2 aliphatic heterocycles. The van der Waals surface area contributed by atoms with Gasteiger partial charge in [0.15, 0.2) is 10.9 Å². The number of ketones is 1. The van der Waals surface area contributed by atoms with Gasteiger partial charge in [0.2, 0.25) is 0 Å². The third kappa shape index (κ3) is 2.50. The summed E-state index contributed by atoms with van der Waals surface area (Å²) in [5.41, 5.74) is 4.78. The number of nitrogens with zero attached hydrogens (tertiary/aromatic N) is 2. The highest BCUT2D eigenvalue weighted by Crippen LogP contribution is 2.64. The van der Waals surface area contributed by atoms with Crippen molar-refractivity contribution in [1.82, 2.24) is 9.97 Å². The molecule has 2 aromatic rings. The first-order valence-corrected chi connectivity index (χ1v) is 11.6. The third-order valence-corrected chi connectivity index (χ3v) is 7.80. The van der Waals surface area contributed by atoms with E-state index in [-0.39, 0.29) is 35.6 Å². The highest BCUT2D eigenvalue weighted by molar-refractivity contribution is 7.98. The Hall–Kier alpha value is -2.18. The highest BCUT2D eigenvalue weighted by Gasteiger charge is 2.69. The number of hydrogen-bond donors (Lipinski definition) is 1. The monoisotopic (exact) mass is 422 g/mol. The fourth-order valence-corrected chi connectivity index (χ4v) is 6.34. The number of aliphatic hydroxyl groups is 1. The standard InChI is InChI=1S/C24H26N2O3S/c1-11-8-12(2)17(13(3)9-11)18-20(27)19-21-14(15-6-7-25-23(26-15)30-5)10-16(29-21)24(19,4)22(18)28/h6-9,14,16,19,21,27H,10H2,1-5H3/t14?,16?,19-,21-,24+/m1/s1. The fourth-order valence-electron chi connectivity index (χ4n) is 5.98. The zero-order valence-electron chi connectivity index (χ0n) is 17.9. The molecule has 2 saturated heterocycles. The molecule has 0 amide bonds. The molecule has 156 valence electrons. The lowest BCUT2D eigenvalue weighted by Crippen LogP contribution is -2.43. The Bertz CT molecular complexity index is 1090. The van der Waals surface area contributed by atoms with Gasteiger partial charge >= 0.3 is 0 Å². The molecule has 2 fully saturated rings. The molecule has 0 spiro atoms. The van der Waals surface area contributed by atoms with Crippen molar-refractivity contribution in [3.8, 4) is 0 Å². The number of carbonyl (C=O) groups is 1. The number of allylic oxidation sites excluding steroid dienone is 1. The molecule has 5 rings (SSSR count). The number of hydrogen-bond acceptors (Lipinski definition) is 6. The minimum Gasteiger partial charge on any atom is -0.511 e. The van der Waals surface area contributed by atoms with Gasteiger partial charge in [-0.05, 0) is 63.1 Å². The minimum atomic E-state index is -0.723. The van der Waals surface area contributed by atoms with Gasteiger partial charge in [0, 0.05) is 12.1 Å². The number of Topliss-reactive ketones (excluding diaryl/α,β-unsaturated/α-hetero) is 1. The number of benzene rings is 1. The second-order valence-corrected chi connectivity index (χ2v) is 9.80. The summed E-state index contributed by atoms with van der Waals surface area (Å²) in [6.45, 7) is 8.04. The van der Waals surface area contributed by atoms with E-state index in [9.17, 15) is 9.90 Å². The van der Waals surface area contributed by atoms with E-state index in [0.717, 1.165) is 39.5 Å². The summed E-state index contributed by atoms with van der Waals surface area (Å²) in [6, 6.07) is 6.08. The van der Waals surface area contributed by atoms with E-state index in [1.807, 2.05) is 40.0 Å². The number of aliphatic hydroxyl groups excluding tert-OH is 1. The molecule has 1 aliphatic carbocycles. The van der Waals surface area contributed by atoms with Crippen molar-refractivity contribution in [2.45, 2.75) is 57.4 Å². The fraction of sp³-hybridized carbons (Fsp3) is 0.458. The van der Waals surface area contributed by atoms with Crippen molar-refractivity contribution in [3.63, 3.8) is 0 Å². The molecule has 3 heterocycles. The molecule has 1 aromatic carbocycles. The van der Waals surface area contributed by atoms with Crippen LogP contribution < -0.4 is 0 Å². The van der Waals surface area contributed by atoms with Gasteiger partial charge in [-0.1, -0.05) is 29.5 Å². The summed E-state index contributed by atoms with van der Waals surface area (Å²) in [4.78, 5) is 22.7. The van der Waals surface area contributed by atoms with E-state index in [2.05, 4.69) is 22.1 Å². The lowest BCUT2D eigenvalue weighted by molar-refractivity contribution is -0.125. The Morgan fingerprint density at radius 1 is 1.23 bits per heavy atom. The topological polar surface area (TPSA) is 72.3 Å². The largest absolute Gasteiger partial charge is 0.511 e. The van der Waals surface area contributed by atoms with Gasteiger partial charge in [0.05, 0.1) is 34.8 Å². The Labute approximate surface area is 181 Å². The number of rotatable bonds is 3. The normalized spacial score (nSPS) is 32.2. The molecular weight excluding hydrogens is 396 g/mol. The second kappa shape index (κ2) is 6.66. The molecule has 5 nitrogen and oxygen atoms in total. The number of ether oxygens (including phenoxy) is 1. The van der Waals surface area contributed by atoms with Crippen LogP contribution in [0.4, 0.5) is 0 Å². The van der Waals surface area contributed by atoms with Crippen LogP contribution in [0.3, 0.4) is 0 Å². The van der Waals surface area contributed by atoms with Gasteiger partial charge < -0.3 is 9.84 Å². The maximum atomic E-state index is 13.7. The molecule has 3 aliphatic rings. The molecule has 1 N–H and O–H groups in total. The highest BCUT2D eigenvalue weighted by atomic mass is 32.2. The van der Waals surface area contributed by atoms with Gasteiger partial charge in [-0.3, -0.25) is 4.79 Å². The number of aromatic nitrogens is 2. The van der Waals surface area contributed by atoms with Gasteiger partial charge in [-0.2, -0.15) is 0 Å². The summed E-state index contributed by atoms with van der Waals surface area (Å²) in [6.07, 6.45) is 4.00. The van der Waals surface area contributed by atoms with Gasteiger partial charge in [0.25, 0.3) is 0 Å². The average molecular weight is 423 g/mol. The predicted octanol–water partition coefficient (Wildman–Crippen LogP) is 4.55. The Morgan fingerprint density at radius 2 is 1.93 bits per heavy atom. The molecule has 2 unspecified atom stereocenters. The van der Waals surface area contributed by atoms with Gasteiger partial charge in [-0.25, -0.2) is 9.97 Å². The minimum absolute atomic E-state index is 0.0125. The lowest BCUT2D eigenvalue weighted by Gasteiger charge is -2.34. The van der Waals surface area contributed by atoms with Crippen LogP contribution in [0.15, 0.2) is 35.3 Å². The van der Waals surface area contributed by atoms with E-state index in [1.54, 1.807) is 6.20 Å². The summed E-state index contributed by atoms with van der Waals surface area (Å²) in [5.74, 6) is -0.0829. The van der Waals surface area contributed by atoms with Crippen LogP contribution in [0.1, 0.15) is 47.2 Å². The number of carbonyl (C=O) groups excluding carboxylic acids is 1. The third-order valence-electron chi connectivity index (χ3n) is 7.24. The molecule has 1 aromatic heterocycles. The zero-order chi connectivity index (χ0) is 21.4. The first-order valence-electron chi connectivity index (χ1n) is 10.4. The second-order valence-electron chi connectivity index (χ2n) is 9.02. The van der Waals surface area contributed by atoms with Crippen LogP contribution in [0, 0.1) is 32.1 Å². The van der Waals surface area contributed by atoms with Crippen LogP contribution in [0.2, 0.25) is 0 Å². The maximum absolute atomic E-state index is 13.7. The van der Waals surface area contributed by atoms with E-state index in [1.165, 1.54) is 11.8 Å². The van der Waals surface area contributed by atoms with E-state index >= 15 is 0 Å². The first-order chi connectivity index (χ1) is 14.3. The van der Waals surface area contributed by atoms with Crippen molar-refractivity contribution in [2.24, 2.45) is 11.3 Å². The van der Waals surface area contributed by atoms with Crippen molar-refractivity contribution in [2.75, 3.05) is 6.26 Å². The van der Waals surface area contributed by atoms with Crippen LogP contribution in [-0.2, 0) is 9.53 Å². The summed E-state index contributed by atoms with van der Waals surface area (Å²) < 4.78 is 6.31. The van der Waals surface area contributed by atoms with Crippen LogP contribution in [-0.4, -0.2) is 39.3 Å². The first kappa shape index (κ1) is 19.8. The molecular formula is C24H26N2O3S. The predicted molar refractivity (Wildman–Crippen MR) is 117 cm³/mol. The number of thioether (sulfide) groups is 1. The Morgan fingerprint density at radius 3 is 2.60 bits per heavy atom. The Balaban J connectivity index is 1.60. The van der Waals surface area contributed by atoms with E-state index in [4.69, 9.17) is 4.74 Å². The van der Waals surface area contributed by atoms with Crippen molar-refractivity contribution < 1.29 is 14.6 Å². The lowest BCUT2D eigenvalue weighted by atomic mass is 9.64.